The number of anilines is 1. The Bertz CT molecular complexity index is 1050. The Morgan fingerprint density at radius 2 is 2.21 bits per heavy atom. The number of hydrogen-bond acceptors (Lipinski definition) is 7. The maximum atomic E-state index is 12.4. The van der Waals surface area contributed by atoms with Crippen LogP contribution in [0.5, 0.6) is 0 Å². The highest BCUT2D eigenvalue weighted by Gasteiger charge is 2.30. The predicted molar refractivity (Wildman–Crippen MR) is 110 cm³/mol. The van der Waals surface area contributed by atoms with Crippen molar-refractivity contribution in [1.82, 2.24) is 14.8 Å². The fourth-order valence-electron chi connectivity index (χ4n) is 2.79. The lowest BCUT2D eigenvalue weighted by Gasteiger charge is -2.09. The van der Waals surface area contributed by atoms with Gasteiger partial charge in [-0.2, -0.15) is 0 Å². The molecule has 0 spiro atoms. The lowest BCUT2D eigenvalue weighted by molar-refractivity contribution is -0.384. The highest BCUT2D eigenvalue weighted by atomic mass is 79.9. The molecule has 1 N–H and O–H groups in total. The average molecular weight is 478 g/mol. The Hall–Kier alpha value is -2.66. The van der Waals surface area contributed by atoms with Crippen molar-refractivity contribution in [3.8, 4) is 0 Å². The lowest BCUT2D eigenvalue weighted by Crippen LogP contribution is -2.15. The number of hydrogen-bond donors (Lipinski definition) is 1. The Morgan fingerprint density at radius 1 is 1.38 bits per heavy atom. The normalized spacial score (nSPS) is 13.4. The Kier molecular flexibility index (Phi) is 5.67. The molecule has 0 unspecified atom stereocenters. The van der Waals surface area contributed by atoms with Gasteiger partial charge in [0.05, 0.1) is 29.2 Å². The van der Waals surface area contributed by atoms with E-state index in [9.17, 15) is 14.9 Å². The first-order valence-corrected chi connectivity index (χ1v) is 10.6. The minimum atomic E-state index is -0.491. The number of nitro benzene ring substituents is 1. The number of halogens is 1. The van der Waals surface area contributed by atoms with Crippen molar-refractivity contribution in [2.75, 3.05) is 11.1 Å². The van der Waals surface area contributed by atoms with E-state index in [-0.39, 0.29) is 17.3 Å². The standard InChI is InChI=1S/C18H16BrN5O4S/c19-14-8-12(24(26)27)5-6-15(14)20-16(25)10-29-18-22-21-17(11-3-4-11)23(18)9-13-2-1-7-28-13/h1-2,5-8,11H,3-4,9-10H2,(H,20,25). The average Bonchev–Trinajstić information content (AvgIpc) is 3.25. The van der Waals surface area contributed by atoms with Crippen molar-refractivity contribution in [2.45, 2.75) is 30.5 Å². The van der Waals surface area contributed by atoms with E-state index in [2.05, 4.69) is 31.4 Å². The molecule has 29 heavy (non-hydrogen) atoms. The van der Waals surface area contributed by atoms with Gasteiger partial charge in [0.15, 0.2) is 5.16 Å². The molecule has 1 aromatic carbocycles. The molecule has 1 saturated carbocycles. The summed E-state index contributed by atoms with van der Waals surface area (Å²) in [6, 6.07) is 7.91. The predicted octanol–water partition coefficient (Wildman–Crippen LogP) is 4.20. The number of furan rings is 1. The topological polar surface area (TPSA) is 116 Å². The SMILES string of the molecule is O=C(CSc1nnc(C2CC2)n1Cc1ccco1)Nc1ccc([N+](=O)[O-])cc1Br. The molecule has 11 heteroatoms. The summed E-state index contributed by atoms with van der Waals surface area (Å²) < 4.78 is 7.89. The number of carbonyl (C=O) groups excluding carboxylic acids is 1. The summed E-state index contributed by atoms with van der Waals surface area (Å²) in [6.07, 6.45) is 3.81. The maximum absolute atomic E-state index is 12.4. The third-order valence-electron chi connectivity index (χ3n) is 4.35. The Labute approximate surface area is 178 Å². The van der Waals surface area contributed by atoms with Crippen LogP contribution in [0.3, 0.4) is 0 Å². The van der Waals surface area contributed by atoms with Crippen LogP contribution in [0.4, 0.5) is 11.4 Å². The molecule has 1 amide bonds. The van der Waals surface area contributed by atoms with Gasteiger partial charge in [-0.1, -0.05) is 11.8 Å². The fraction of sp³-hybridized carbons (Fsp3) is 0.278. The molecule has 1 aliphatic carbocycles. The van der Waals surface area contributed by atoms with Crippen LogP contribution in [-0.4, -0.2) is 31.3 Å². The van der Waals surface area contributed by atoms with Gasteiger partial charge in [-0.3, -0.25) is 19.5 Å². The molecule has 0 aliphatic heterocycles. The number of nitrogens with zero attached hydrogens (tertiary/aromatic N) is 4. The van der Waals surface area contributed by atoms with Gasteiger partial charge in [-0.25, -0.2) is 0 Å². The van der Waals surface area contributed by atoms with Crippen LogP contribution >= 0.6 is 27.7 Å². The minimum absolute atomic E-state index is 0.0529. The number of benzene rings is 1. The van der Waals surface area contributed by atoms with Crippen molar-refractivity contribution in [1.29, 1.82) is 0 Å². The van der Waals surface area contributed by atoms with Crippen LogP contribution in [0.2, 0.25) is 0 Å². The van der Waals surface area contributed by atoms with Gasteiger partial charge in [0, 0.05) is 22.5 Å². The molecule has 1 aliphatic rings. The van der Waals surface area contributed by atoms with Gasteiger partial charge in [0.2, 0.25) is 5.91 Å². The third-order valence-corrected chi connectivity index (χ3v) is 5.97. The molecular formula is C18H16BrN5O4S. The van der Waals surface area contributed by atoms with E-state index >= 15 is 0 Å². The Morgan fingerprint density at radius 3 is 2.86 bits per heavy atom. The van der Waals surface area contributed by atoms with E-state index in [0.29, 0.717) is 27.8 Å². The quantitative estimate of drug-likeness (QED) is 0.293. The molecule has 2 heterocycles. The van der Waals surface area contributed by atoms with E-state index in [1.807, 2.05) is 16.7 Å². The summed E-state index contributed by atoms with van der Waals surface area (Å²) in [5.74, 6) is 2.02. The fourth-order valence-corrected chi connectivity index (χ4v) is 4.00. The summed E-state index contributed by atoms with van der Waals surface area (Å²) in [7, 11) is 0. The molecule has 4 rings (SSSR count). The Balaban J connectivity index is 1.42. The van der Waals surface area contributed by atoms with E-state index in [0.717, 1.165) is 24.4 Å². The van der Waals surface area contributed by atoms with Gasteiger partial charge in [0.25, 0.3) is 5.69 Å². The summed E-state index contributed by atoms with van der Waals surface area (Å²) in [6.45, 7) is 0.518. The second kappa shape index (κ2) is 8.37. The number of rotatable bonds is 8. The molecule has 9 nitrogen and oxygen atoms in total. The first-order chi connectivity index (χ1) is 14.0. The lowest BCUT2D eigenvalue weighted by atomic mass is 10.3. The van der Waals surface area contributed by atoms with E-state index in [1.54, 1.807) is 6.26 Å². The van der Waals surface area contributed by atoms with Crippen molar-refractivity contribution >= 4 is 45.0 Å². The second-order valence-electron chi connectivity index (χ2n) is 6.54. The zero-order valence-electron chi connectivity index (χ0n) is 15.1. The smallest absolute Gasteiger partial charge is 0.270 e. The molecule has 3 aromatic rings. The van der Waals surface area contributed by atoms with Crippen LogP contribution in [0, 0.1) is 10.1 Å². The van der Waals surface area contributed by atoms with Crippen molar-refractivity contribution in [2.24, 2.45) is 0 Å². The number of thioether (sulfide) groups is 1. The van der Waals surface area contributed by atoms with Gasteiger partial charge < -0.3 is 9.73 Å². The van der Waals surface area contributed by atoms with Crippen molar-refractivity contribution in [3.63, 3.8) is 0 Å². The zero-order chi connectivity index (χ0) is 20.4. The second-order valence-corrected chi connectivity index (χ2v) is 8.34. The number of aromatic nitrogens is 3. The number of non-ortho nitro benzene ring substituents is 1. The molecule has 0 atom stereocenters. The molecular weight excluding hydrogens is 462 g/mol. The van der Waals surface area contributed by atoms with Crippen LogP contribution in [0.25, 0.3) is 0 Å². The maximum Gasteiger partial charge on any atom is 0.270 e. The van der Waals surface area contributed by atoms with Crippen LogP contribution in [0.15, 0.2) is 50.6 Å². The van der Waals surface area contributed by atoms with E-state index < -0.39 is 4.92 Å². The van der Waals surface area contributed by atoms with Crippen LogP contribution < -0.4 is 5.32 Å². The van der Waals surface area contributed by atoms with E-state index in [4.69, 9.17) is 4.42 Å². The van der Waals surface area contributed by atoms with Gasteiger partial charge >= 0.3 is 0 Å². The summed E-state index contributed by atoms with van der Waals surface area (Å²) in [4.78, 5) is 22.7. The summed E-state index contributed by atoms with van der Waals surface area (Å²) in [5, 5.41) is 22.8. The summed E-state index contributed by atoms with van der Waals surface area (Å²) in [5.41, 5.74) is 0.416. The number of nitro groups is 1. The monoisotopic (exact) mass is 477 g/mol. The molecule has 0 radical (unpaired) electrons. The molecule has 0 saturated heterocycles. The van der Waals surface area contributed by atoms with Crippen molar-refractivity contribution < 1.29 is 14.1 Å². The highest BCUT2D eigenvalue weighted by molar-refractivity contribution is 9.10. The largest absolute Gasteiger partial charge is 0.467 e. The molecule has 1 fully saturated rings. The highest BCUT2D eigenvalue weighted by Crippen LogP contribution is 2.40. The zero-order valence-corrected chi connectivity index (χ0v) is 17.5. The van der Waals surface area contributed by atoms with Gasteiger partial charge in [0.1, 0.15) is 11.6 Å². The third kappa shape index (κ3) is 4.67. The molecule has 150 valence electrons. The molecule has 0 bridgehead atoms. The number of amides is 1. The van der Waals surface area contributed by atoms with E-state index in [1.165, 1.54) is 30.0 Å². The first-order valence-electron chi connectivity index (χ1n) is 8.83. The first kappa shape index (κ1) is 19.6. The van der Waals surface area contributed by atoms with Gasteiger partial charge in [-0.05, 0) is 47.0 Å². The van der Waals surface area contributed by atoms with Gasteiger partial charge in [-0.15, -0.1) is 10.2 Å². The van der Waals surface area contributed by atoms with Crippen LogP contribution in [-0.2, 0) is 11.3 Å². The van der Waals surface area contributed by atoms with Crippen molar-refractivity contribution in [3.05, 3.63) is 62.8 Å². The van der Waals surface area contributed by atoms with Crippen LogP contribution in [0.1, 0.15) is 30.3 Å². The number of nitrogens with one attached hydrogen (secondary N) is 1. The molecule has 2 aromatic heterocycles. The minimum Gasteiger partial charge on any atom is -0.467 e. The number of carbonyl (C=O) groups is 1. The summed E-state index contributed by atoms with van der Waals surface area (Å²) >= 11 is 4.54.